The maximum Gasteiger partial charge on any atom is 0.246 e. The van der Waals surface area contributed by atoms with Crippen molar-refractivity contribution in [2.45, 2.75) is 41.2 Å². The van der Waals surface area contributed by atoms with Gasteiger partial charge in [0.1, 0.15) is 0 Å². The van der Waals surface area contributed by atoms with E-state index in [1.165, 1.54) is 27.9 Å². The fourth-order valence-corrected chi connectivity index (χ4v) is 4.48. The van der Waals surface area contributed by atoms with Gasteiger partial charge in [-0.1, -0.05) is 42.0 Å². The maximum atomic E-state index is 12.9. The molecule has 5 heteroatoms. The van der Waals surface area contributed by atoms with Crippen LogP contribution < -0.4 is 4.90 Å². The number of benzene rings is 2. The minimum absolute atomic E-state index is 0.0701. The summed E-state index contributed by atoms with van der Waals surface area (Å²) in [5.41, 5.74) is 9.45. The van der Waals surface area contributed by atoms with Crippen molar-refractivity contribution in [2.24, 2.45) is 0 Å². The van der Waals surface area contributed by atoms with Crippen LogP contribution in [0.15, 0.2) is 48.5 Å². The molecule has 5 nitrogen and oxygen atoms in total. The van der Waals surface area contributed by atoms with Crippen LogP contribution in [0.3, 0.4) is 0 Å². The van der Waals surface area contributed by atoms with Crippen molar-refractivity contribution in [1.29, 1.82) is 0 Å². The van der Waals surface area contributed by atoms with Crippen LogP contribution in [0.2, 0.25) is 0 Å². The number of rotatable bonds is 5. The Kier molecular flexibility index (Phi) is 6.68. The molecule has 3 aromatic rings. The fourth-order valence-electron chi connectivity index (χ4n) is 4.48. The molecule has 4 rings (SSSR count). The summed E-state index contributed by atoms with van der Waals surface area (Å²) in [6.07, 6.45) is 3.64. The Hall–Kier alpha value is -3.34. The fraction of sp³-hybridized carbons (Fsp3) is 0.357. The van der Waals surface area contributed by atoms with Crippen molar-refractivity contribution in [3.05, 3.63) is 87.7 Å². The maximum absolute atomic E-state index is 12.9. The van der Waals surface area contributed by atoms with Gasteiger partial charge in [-0.25, -0.2) is 0 Å². The SMILES string of the molecule is Cc1ccc(Cn2nc(C)c(C=CC(=O)N3CCN(c4cccc(C)c4C)CC3)c2C)cc1. The Balaban J connectivity index is 1.39. The normalized spacial score (nSPS) is 14.3. The zero-order valence-corrected chi connectivity index (χ0v) is 20.4. The number of amides is 1. The molecule has 0 saturated carbocycles. The molecule has 1 aliphatic heterocycles. The molecule has 1 amide bonds. The van der Waals surface area contributed by atoms with Crippen LogP contribution in [0.1, 0.15) is 39.2 Å². The minimum atomic E-state index is 0.0701. The number of anilines is 1. The number of piperazine rings is 1. The summed E-state index contributed by atoms with van der Waals surface area (Å²) in [6.45, 7) is 14.4. The lowest BCUT2D eigenvalue weighted by Crippen LogP contribution is -2.48. The number of hydrogen-bond donors (Lipinski definition) is 0. The Morgan fingerprint density at radius 1 is 0.939 bits per heavy atom. The Labute approximate surface area is 197 Å². The zero-order valence-electron chi connectivity index (χ0n) is 20.4. The van der Waals surface area contributed by atoms with Crippen molar-refractivity contribution >= 4 is 17.7 Å². The summed E-state index contributed by atoms with van der Waals surface area (Å²) < 4.78 is 2.02. The van der Waals surface area contributed by atoms with Crippen molar-refractivity contribution in [1.82, 2.24) is 14.7 Å². The molecule has 33 heavy (non-hydrogen) atoms. The van der Waals surface area contributed by atoms with Gasteiger partial charge in [0.2, 0.25) is 5.91 Å². The standard InChI is InChI=1S/C28H34N4O/c1-20-9-11-25(12-10-20)19-32-24(5)26(23(4)29-32)13-14-28(33)31-17-15-30(16-18-31)27-8-6-7-21(2)22(27)3/h6-14H,15-19H2,1-5H3. The van der Waals surface area contributed by atoms with Gasteiger partial charge < -0.3 is 9.80 Å². The van der Waals surface area contributed by atoms with Gasteiger partial charge >= 0.3 is 0 Å². The van der Waals surface area contributed by atoms with Crippen LogP contribution >= 0.6 is 0 Å². The molecule has 1 fully saturated rings. The summed E-state index contributed by atoms with van der Waals surface area (Å²) in [7, 11) is 0. The molecule has 1 aromatic heterocycles. The molecule has 0 N–H and O–H groups in total. The summed E-state index contributed by atoms with van der Waals surface area (Å²) in [4.78, 5) is 17.2. The molecule has 172 valence electrons. The van der Waals surface area contributed by atoms with Crippen LogP contribution in [0.25, 0.3) is 6.08 Å². The molecule has 1 aliphatic rings. The second-order valence-electron chi connectivity index (χ2n) is 9.09. The molecule has 0 atom stereocenters. The van der Waals surface area contributed by atoms with Crippen LogP contribution in [-0.4, -0.2) is 46.8 Å². The number of hydrogen-bond acceptors (Lipinski definition) is 3. The highest BCUT2D eigenvalue weighted by atomic mass is 16.2. The van der Waals surface area contributed by atoms with E-state index in [9.17, 15) is 4.79 Å². The lowest BCUT2D eigenvalue weighted by atomic mass is 10.1. The number of aromatic nitrogens is 2. The van der Waals surface area contributed by atoms with Crippen LogP contribution in [0, 0.1) is 34.6 Å². The first kappa shape index (κ1) is 22.8. The first-order valence-electron chi connectivity index (χ1n) is 11.7. The third-order valence-electron chi connectivity index (χ3n) is 6.79. The average molecular weight is 443 g/mol. The molecular formula is C28H34N4O. The highest BCUT2D eigenvalue weighted by Gasteiger charge is 2.21. The van der Waals surface area contributed by atoms with Gasteiger partial charge in [0.25, 0.3) is 0 Å². The monoisotopic (exact) mass is 442 g/mol. The quantitative estimate of drug-likeness (QED) is 0.531. The third kappa shape index (κ3) is 5.03. The smallest absolute Gasteiger partial charge is 0.246 e. The number of carbonyl (C=O) groups excluding carboxylic acids is 1. The summed E-state index contributed by atoms with van der Waals surface area (Å²) in [6, 6.07) is 15.0. The molecule has 2 aromatic carbocycles. The van der Waals surface area contributed by atoms with E-state index in [1.807, 2.05) is 22.6 Å². The number of nitrogens with zero attached hydrogens (tertiary/aromatic N) is 4. The van der Waals surface area contributed by atoms with Crippen molar-refractivity contribution in [3.63, 3.8) is 0 Å². The van der Waals surface area contributed by atoms with E-state index >= 15 is 0 Å². The number of aryl methyl sites for hydroxylation is 3. The Morgan fingerprint density at radius 3 is 2.33 bits per heavy atom. The first-order valence-corrected chi connectivity index (χ1v) is 11.7. The number of carbonyl (C=O) groups is 1. The highest BCUT2D eigenvalue weighted by molar-refractivity contribution is 5.92. The molecule has 0 radical (unpaired) electrons. The molecule has 2 heterocycles. The molecular weight excluding hydrogens is 408 g/mol. The second-order valence-corrected chi connectivity index (χ2v) is 9.09. The summed E-state index contributed by atoms with van der Waals surface area (Å²) in [5.74, 6) is 0.0701. The molecule has 1 saturated heterocycles. The average Bonchev–Trinajstić information content (AvgIpc) is 3.08. The molecule has 0 spiro atoms. The second kappa shape index (κ2) is 9.65. The van der Waals surface area contributed by atoms with E-state index in [-0.39, 0.29) is 5.91 Å². The Morgan fingerprint density at radius 2 is 1.64 bits per heavy atom. The minimum Gasteiger partial charge on any atom is -0.368 e. The van der Waals surface area contributed by atoms with E-state index in [0.717, 1.165) is 49.7 Å². The van der Waals surface area contributed by atoms with Gasteiger partial charge in [-0.05, 0) is 63.5 Å². The van der Waals surface area contributed by atoms with Gasteiger partial charge in [-0.2, -0.15) is 5.10 Å². The van der Waals surface area contributed by atoms with Gasteiger partial charge in [0, 0.05) is 49.2 Å². The molecule has 0 aliphatic carbocycles. The van der Waals surface area contributed by atoms with Gasteiger partial charge in [0.15, 0.2) is 0 Å². The summed E-state index contributed by atoms with van der Waals surface area (Å²) >= 11 is 0. The zero-order chi connectivity index (χ0) is 23.5. The lowest BCUT2D eigenvalue weighted by molar-refractivity contribution is -0.126. The topological polar surface area (TPSA) is 41.4 Å². The van der Waals surface area contributed by atoms with Crippen molar-refractivity contribution in [2.75, 3.05) is 31.1 Å². The predicted molar refractivity (Wildman–Crippen MR) is 136 cm³/mol. The molecule has 0 unspecified atom stereocenters. The van der Waals surface area contributed by atoms with Gasteiger partial charge in [-0.3, -0.25) is 9.48 Å². The van der Waals surface area contributed by atoms with E-state index in [2.05, 4.69) is 75.1 Å². The largest absolute Gasteiger partial charge is 0.368 e. The van der Waals surface area contributed by atoms with Gasteiger partial charge in [0.05, 0.1) is 12.2 Å². The molecule has 0 bridgehead atoms. The predicted octanol–water partition coefficient (Wildman–Crippen LogP) is 4.84. The highest BCUT2D eigenvalue weighted by Crippen LogP contribution is 2.24. The third-order valence-corrected chi connectivity index (χ3v) is 6.79. The summed E-state index contributed by atoms with van der Waals surface area (Å²) in [5, 5.41) is 4.71. The van der Waals surface area contributed by atoms with Crippen LogP contribution in [0.4, 0.5) is 5.69 Å². The van der Waals surface area contributed by atoms with Gasteiger partial charge in [-0.15, -0.1) is 0 Å². The van der Waals surface area contributed by atoms with Crippen LogP contribution in [0.5, 0.6) is 0 Å². The van der Waals surface area contributed by atoms with E-state index in [4.69, 9.17) is 5.10 Å². The van der Waals surface area contributed by atoms with E-state index in [0.29, 0.717) is 0 Å². The van der Waals surface area contributed by atoms with E-state index < -0.39 is 0 Å². The first-order chi connectivity index (χ1) is 15.8. The van der Waals surface area contributed by atoms with Crippen molar-refractivity contribution < 1.29 is 4.79 Å². The van der Waals surface area contributed by atoms with Crippen LogP contribution in [-0.2, 0) is 11.3 Å². The lowest BCUT2D eigenvalue weighted by Gasteiger charge is -2.36. The van der Waals surface area contributed by atoms with Crippen molar-refractivity contribution in [3.8, 4) is 0 Å². The Bertz CT molecular complexity index is 1170. The van der Waals surface area contributed by atoms with E-state index in [1.54, 1.807) is 6.08 Å².